The monoisotopic (exact) mass is 250 g/mol. The summed E-state index contributed by atoms with van der Waals surface area (Å²) in [6.07, 6.45) is 1.32. The van der Waals surface area contributed by atoms with Gasteiger partial charge in [-0.15, -0.1) is 0 Å². The lowest BCUT2D eigenvalue weighted by Gasteiger charge is -2.08. The standard InChI is InChI=1S/C14H18O4/c1-4-16-12-7-6-8-13(10-12)18-11(3)9-14(15)17-5-2/h6-10H,4-5H2,1-3H3/b11-9-. The van der Waals surface area contributed by atoms with Crippen molar-refractivity contribution in [3.63, 3.8) is 0 Å². The first-order valence-corrected chi connectivity index (χ1v) is 5.91. The molecule has 0 spiro atoms. The van der Waals surface area contributed by atoms with Gasteiger partial charge in [0.25, 0.3) is 0 Å². The van der Waals surface area contributed by atoms with Gasteiger partial charge in [-0.1, -0.05) is 6.07 Å². The summed E-state index contributed by atoms with van der Waals surface area (Å²) in [4.78, 5) is 11.2. The minimum Gasteiger partial charge on any atom is -0.494 e. The zero-order valence-electron chi connectivity index (χ0n) is 10.9. The highest BCUT2D eigenvalue weighted by molar-refractivity contribution is 5.82. The minimum absolute atomic E-state index is 0.350. The molecule has 1 aromatic carbocycles. The first-order valence-electron chi connectivity index (χ1n) is 5.91. The maximum Gasteiger partial charge on any atom is 0.334 e. The topological polar surface area (TPSA) is 44.8 Å². The average Bonchev–Trinajstić information content (AvgIpc) is 2.29. The number of benzene rings is 1. The highest BCUT2D eigenvalue weighted by Crippen LogP contribution is 2.21. The number of allylic oxidation sites excluding steroid dienone is 1. The van der Waals surface area contributed by atoms with Gasteiger partial charge < -0.3 is 14.2 Å². The van der Waals surface area contributed by atoms with Gasteiger partial charge in [0.1, 0.15) is 17.3 Å². The molecule has 0 heterocycles. The summed E-state index contributed by atoms with van der Waals surface area (Å²) in [6, 6.07) is 7.25. The van der Waals surface area contributed by atoms with Gasteiger partial charge in [0.15, 0.2) is 0 Å². The van der Waals surface area contributed by atoms with Crippen LogP contribution < -0.4 is 9.47 Å². The number of hydrogen-bond donors (Lipinski definition) is 0. The Morgan fingerprint density at radius 3 is 2.61 bits per heavy atom. The summed E-state index contributed by atoms with van der Waals surface area (Å²) >= 11 is 0. The Kier molecular flexibility index (Phi) is 5.77. The van der Waals surface area contributed by atoms with E-state index < -0.39 is 5.97 Å². The van der Waals surface area contributed by atoms with E-state index in [0.29, 0.717) is 24.7 Å². The molecular formula is C14H18O4. The Hall–Kier alpha value is -1.97. The van der Waals surface area contributed by atoms with Gasteiger partial charge in [0, 0.05) is 6.07 Å². The molecule has 0 radical (unpaired) electrons. The average molecular weight is 250 g/mol. The van der Waals surface area contributed by atoms with Crippen LogP contribution >= 0.6 is 0 Å². The van der Waals surface area contributed by atoms with E-state index in [4.69, 9.17) is 14.2 Å². The molecule has 0 amide bonds. The molecule has 0 bridgehead atoms. The molecule has 0 saturated heterocycles. The molecule has 4 nitrogen and oxygen atoms in total. The van der Waals surface area contributed by atoms with Crippen molar-refractivity contribution >= 4 is 5.97 Å². The lowest BCUT2D eigenvalue weighted by molar-refractivity contribution is -0.137. The van der Waals surface area contributed by atoms with Crippen LogP contribution in [0.15, 0.2) is 36.1 Å². The van der Waals surface area contributed by atoms with Crippen LogP contribution in [0, 0.1) is 0 Å². The SMILES string of the molecule is CCOC(=O)/C=C(/C)Oc1cccc(OCC)c1. The number of carbonyl (C=O) groups excluding carboxylic acids is 1. The molecule has 0 aliphatic rings. The van der Waals surface area contributed by atoms with E-state index >= 15 is 0 Å². The number of hydrogen-bond acceptors (Lipinski definition) is 4. The summed E-state index contributed by atoms with van der Waals surface area (Å²) in [7, 11) is 0. The molecule has 4 heteroatoms. The van der Waals surface area contributed by atoms with E-state index in [9.17, 15) is 4.79 Å². The van der Waals surface area contributed by atoms with E-state index in [0.717, 1.165) is 5.75 Å². The minimum atomic E-state index is -0.407. The zero-order chi connectivity index (χ0) is 13.4. The highest BCUT2D eigenvalue weighted by Gasteiger charge is 2.02. The van der Waals surface area contributed by atoms with Crippen molar-refractivity contribution in [2.75, 3.05) is 13.2 Å². The Morgan fingerprint density at radius 1 is 1.22 bits per heavy atom. The van der Waals surface area contributed by atoms with Crippen molar-refractivity contribution in [2.24, 2.45) is 0 Å². The van der Waals surface area contributed by atoms with Crippen molar-refractivity contribution in [3.8, 4) is 11.5 Å². The van der Waals surface area contributed by atoms with Crippen LogP contribution in [0.2, 0.25) is 0 Å². The molecule has 0 aliphatic carbocycles. The lowest BCUT2D eigenvalue weighted by atomic mass is 10.3. The van der Waals surface area contributed by atoms with Crippen LogP contribution in [0.4, 0.5) is 0 Å². The maximum absolute atomic E-state index is 11.2. The molecule has 0 unspecified atom stereocenters. The van der Waals surface area contributed by atoms with Gasteiger partial charge in [-0.3, -0.25) is 0 Å². The molecule has 0 N–H and O–H groups in total. The smallest absolute Gasteiger partial charge is 0.334 e. The Labute approximate surface area is 107 Å². The molecule has 1 aromatic rings. The zero-order valence-corrected chi connectivity index (χ0v) is 10.9. The molecule has 0 saturated carbocycles. The first kappa shape index (κ1) is 14.1. The molecular weight excluding hydrogens is 232 g/mol. The van der Waals surface area contributed by atoms with E-state index in [1.165, 1.54) is 6.08 Å². The summed E-state index contributed by atoms with van der Waals surface area (Å²) in [5.41, 5.74) is 0. The first-order chi connectivity index (χ1) is 8.65. The van der Waals surface area contributed by atoms with Crippen molar-refractivity contribution in [3.05, 3.63) is 36.1 Å². The largest absolute Gasteiger partial charge is 0.494 e. The summed E-state index contributed by atoms with van der Waals surface area (Å²) in [5, 5.41) is 0. The van der Waals surface area contributed by atoms with Crippen molar-refractivity contribution < 1.29 is 19.0 Å². The fraction of sp³-hybridized carbons (Fsp3) is 0.357. The summed E-state index contributed by atoms with van der Waals surface area (Å²) in [5.74, 6) is 1.43. The van der Waals surface area contributed by atoms with Gasteiger partial charge in [0.2, 0.25) is 0 Å². The van der Waals surface area contributed by atoms with E-state index in [1.807, 2.05) is 19.1 Å². The summed E-state index contributed by atoms with van der Waals surface area (Å²) in [6.45, 7) is 6.32. The number of carbonyl (C=O) groups is 1. The van der Waals surface area contributed by atoms with Crippen molar-refractivity contribution in [1.82, 2.24) is 0 Å². The predicted molar refractivity (Wildman–Crippen MR) is 68.6 cm³/mol. The fourth-order valence-corrected chi connectivity index (χ4v) is 1.36. The third-order valence-corrected chi connectivity index (χ3v) is 2.00. The van der Waals surface area contributed by atoms with Gasteiger partial charge in [-0.05, 0) is 32.9 Å². The van der Waals surface area contributed by atoms with E-state index in [-0.39, 0.29) is 0 Å². The third-order valence-electron chi connectivity index (χ3n) is 2.00. The Bertz CT molecular complexity index is 424. The summed E-state index contributed by atoms with van der Waals surface area (Å²) < 4.78 is 15.6. The Balaban J connectivity index is 2.66. The molecule has 0 fully saturated rings. The number of ether oxygens (including phenoxy) is 3. The molecule has 0 aromatic heterocycles. The van der Waals surface area contributed by atoms with Crippen molar-refractivity contribution in [1.29, 1.82) is 0 Å². The highest BCUT2D eigenvalue weighted by atomic mass is 16.5. The molecule has 18 heavy (non-hydrogen) atoms. The molecule has 98 valence electrons. The van der Waals surface area contributed by atoms with Crippen molar-refractivity contribution in [2.45, 2.75) is 20.8 Å². The van der Waals surface area contributed by atoms with E-state index in [1.54, 1.807) is 26.0 Å². The van der Waals surface area contributed by atoms with Crippen LogP contribution in [-0.4, -0.2) is 19.2 Å². The van der Waals surface area contributed by atoms with Crippen LogP contribution in [0.5, 0.6) is 11.5 Å². The fourth-order valence-electron chi connectivity index (χ4n) is 1.36. The molecule has 1 rings (SSSR count). The van der Waals surface area contributed by atoms with Crippen LogP contribution in [0.1, 0.15) is 20.8 Å². The van der Waals surface area contributed by atoms with Crippen LogP contribution in [0.3, 0.4) is 0 Å². The van der Waals surface area contributed by atoms with Crippen LogP contribution in [0.25, 0.3) is 0 Å². The van der Waals surface area contributed by atoms with Crippen LogP contribution in [-0.2, 0) is 9.53 Å². The normalized spacial score (nSPS) is 10.9. The second-order valence-corrected chi connectivity index (χ2v) is 3.52. The predicted octanol–water partition coefficient (Wildman–Crippen LogP) is 2.93. The van der Waals surface area contributed by atoms with E-state index in [2.05, 4.69) is 0 Å². The van der Waals surface area contributed by atoms with Gasteiger partial charge in [-0.25, -0.2) is 4.79 Å². The molecule has 0 atom stereocenters. The van der Waals surface area contributed by atoms with Gasteiger partial charge >= 0.3 is 5.97 Å². The second kappa shape index (κ2) is 7.37. The Morgan fingerprint density at radius 2 is 1.94 bits per heavy atom. The second-order valence-electron chi connectivity index (χ2n) is 3.52. The number of rotatable bonds is 6. The third kappa shape index (κ3) is 4.91. The van der Waals surface area contributed by atoms with Gasteiger partial charge in [-0.2, -0.15) is 0 Å². The maximum atomic E-state index is 11.2. The molecule has 0 aliphatic heterocycles. The number of esters is 1. The van der Waals surface area contributed by atoms with Gasteiger partial charge in [0.05, 0.1) is 19.3 Å². The quantitative estimate of drug-likeness (QED) is 0.442. The lowest BCUT2D eigenvalue weighted by Crippen LogP contribution is -2.02.